The number of nitrogens with zero attached hydrogens (tertiary/aromatic N) is 1. The van der Waals surface area contributed by atoms with E-state index in [9.17, 15) is 8.42 Å². The summed E-state index contributed by atoms with van der Waals surface area (Å²) in [6.45, 7) is 0. The number of aromatic nitrogens is 1. The minimum atomic E-state index is -3.96. The molecule has 0 radical (unpaired) electrons. The Labute approximate surface area is 175 Å². The number of ether oxygens (including phenoxy) is 4. The van der Waals surface area contributed by atoms with Gasteiger partial charge in [-0.2, -0.15) is 0 Å². The van der Waals surface area contributed by atoms with Crippen LogP contribution in [-0.2, 0) is 10.0 Å². The molecule has 0 spiro atoms. The number of rotatable bonds is 8. The minimum absolute atomic E-state index is 0.0446. The normalized spacial score (nSPS) is 10.9. The quantitative estimate of drug-likeness (QED) is 0.583. The topological polar surface area (TPSA) is 96.0 Å². The second kappa shape index (κ2) is 8.91. The Morgan fingerprint density at radius 2 is 1.43 bits per heavy atom. The Balaban J connectivity index is 1.98. The SMILES string of the molecule is COc1ccc(-c2cncc(NS(=O)(=O)c3cc(OC)ccc3OC)c2)c(OC)c1. The van der Waals surface area contributed by atoms with Gasteiger partial charge in [-0.3, -0.25) is 9.71 Å². The van der Waals surface area contributed by atoms with Gasteiger partial charge in [0.15, 0.2) is 0 Å². The summed E-state index contributed by atoms with van der Waals surface area (Å²) in [6, 6.07) is 11.6. The van der Waals surface area contributed by atoms with Gasteiger partial charge < -0.3 is 18.9 Å². The van der Waals surface area contributed by atoms with Gasteiger partial charge in [-0.1, -0.05) is 0 Å². The van der Waals surface area contributed by atoms with Gasteiger partial charge in [-0.25, -0.2) is 8.42 Å². The van der Waals surface area contributed by atoms with Gasteiger partial charge in [0.1, 0.15) is 27.9 Å². The van der Waals surface area contributed by atoms with Crippen molar-refractivity contribution in [2.24, 2.45) is 0 Å². The lowest BCUT2D eigenvalue weighted by Crippen LogP contribution is -2.14. The van der Waals surface area contributed by atoms with Crippen molar-refractivity contribution in [3.8, 4) is 34.1 Å². The van der Waals surface area contributed by atoms with Crippen molar-refractivity contribution in [1.29, 1.82) is 0 Å². The summed E-state index contributed by atoms with van der Waals surface area (Å²) < 4.78 is 49.5. The number of benzene rings is 2. The van der Waals surface area contributed by atoms with Crippen LogP contribution in [0.2, 0.25) is 0 Å². The number of nitrogens with one attached hydrogen (secondary N) is 1. The van der Waals surface area contributed by atoms with Gasteiger partial charge in [-0.05, 0) is 30.3 Å². The summed E-state index contributed by atoms with van der Waals surface area (Å²) >= 11 is 0. The average molecular weight is 430 g/mol. The smallest absolute Gasteiger partial charge is 0.265 e. The van der Waals surface area contributed by atoms with Crippen LogP contribution >= 0.6 is 0 Å². The van der Waals surface area contributed by atoms with Crippen LogP contribution in [0, 0.1) is 0 Å². The van der Waals surface area contributed by atoms with Crippen molar-refractivity contribution >= 4 is 15.7 Å². The van der Waals surface area contributed by atoms with Gasteiger partial charge in [0.25, 0.3) is 10.0 Å². The molecule has 0 aliphatic carbocycles. The van der Waals surface area contributed by atoms with E-state index in [4.69, 9.17) is 18.9 Å². The van der Waals surface area contributed by atoms with E-state index in [0.717, 1.165) is 5.56 Å². The predicted octanol–water partition coefficient (Wildman–Crippen LogP) is 3.58. The zero-order valence-electron chi connectivity index (χ0n) is 17.0. The van der Waals surface area contributed by atoms with E-state index in [-0.39, 0.29) is 16.3 Å². The molecule has 0 atom stereocenters. The van der Waals surface area contributed by atoms with E-state index in [1.807, 2.05) is 6.07 Å². The maximum Gasteiger partial charge on any atom is 0.265 e. The highest BCUT2D eigenvalue weighted by Crippen LogP contribution is 2.35. The van der Waals surface area contributed by atoms with Crippen LogP contribution < -0.4 is 23.7 Å². The third kappa shape index (κ3) is 4.41. The fraction of sp³-hybridized carbons (Fsp3) is 0.190. The first kappa shape index (κ1) is 21.3. The molecule has 0 fully saturated rings. The molecule has 158 valence electrons. The largest absolute Gasteiger partial charge is 0.497 e. The molecule has 1 N–H and O–H groups in total. The van der Waals surface area contributed by atoms with Crippen LogP contribution in [0.3, 0.4) is 0 Å². The lowest BCUT2D eigenvalue weighted by Gasteiger charge is -2.14. The van der Waals surface area contributed by atoms with E-state index >= 15 is 0 Å². The fourth-order valence-electron chi connectivity index (χ4n) is 2.88. The molecule has 0 unspecified atom stereocenters. The molecule has 1 heterocycles. The molecule has 3 rings (SSSR count). The average Bonchev–Trinajstić information content (AvgIpc) is 2.77. The van der Waals surface area contributed by atoms with E-state index in [2.05, 4.69) is 9.71 Å². The Hall–Kier alpha value is -3.46. The van der Waals surface area contributed by atoms with Crippen molar-refractivity contribution in [3.63, 3.8) is 0 Å². The monoisotopic (exact) mass is 430 g/mol. The lowest BCUT2D eigenvalue weighted by molar-refractivity contribution is 0.392. The van der Waals surface area contributed by atoms with Crippen LogP contribution in [0.5, 0.6) is 23.0 Å². The molecule has 2 aromatic carbocycles. The fourth-order valence-corrected chi connectivity index (χ4v) is 4.10. The molecule has 1 aromatic heterocycles. The van der Waals surface area contributed by atoms with E-state index in [0.29, 0.717) is 22.8 Å². The summed E-state index contributed by atoms with van der Waals surface area (Å²) in [4.78, 5) is 4.12. The number of sulfonamides is 1. The van der Waals surface area contributed by atoms with Crippen molar-refractivity contribution in [3.05, 3.63) is 54.9 Å². The second-order valence-corrected chi connectivity index (χ2v) is 7.80. The number of pyridine rings is 1. The summed E-state index contributed by atoms with van der Waals surface area (Å²) in [6.07, 6.45) is 3.04. The Morgan fingerprint density at radius 3 is 2.10 bits per heavy atom. The Morgan fingerprint density at radius 1 is 0.767 bits per heavy atom. The van der Waals surface area contributed by atoms with E-state index in [1.54, 1.807) is 44.7 Å². The molecule has 0 saturated carbocycles. The van der Waals surface area contributed by atoms with Crippen LogP contribution in [-0.4, -0.2) is 41.8 Å². The van der Waals surface area contributed by atoms with Gasteiger partial charge >= 0.3 is 0 Å². The summed E-state index contributed by atoms with van der Waals surface area (Å²) in [5.41, 5.74) is 1.70. The standard InChI is InChI=1S/C21H22N2O6S/c1-26-16-5-7-18(20(10-16)29-4)14-9-15(13-22-12-14)23-30(24,25)21-11-17(27-2)6-8-19(21)28-3/h5-13,23H,1-4H3. The van der Waals surface area contributed by atoms with Crippen molar-refractivity contribution in [1.82, 2.24) is 4.98 Å². The van der Waals surface area contributed by atoms with E-state index in [1.165, 1.54) is 32.5 Å². The maximum absolute atomic E-state index is 13.0. The number of hydrogen-bond acceptors (Lipinski definition) is 7. The Bertz CT molecular complexity index is 1150. The summed E-state index contributed by atoms with van der Waals surface area (Å²) in [5.74, 6) is 1.81. The molecular formula is C21H22N2O6S. The van der Waals surface area contributed by atoms with Gasteiger partial charge in [0, 0.05) is 29.5 Å². The van der Waals surface area contributed by atoms with E-state index < -0.39 is 10.0 Å². The van der Waals surface area contributed by atoms with Crippen LogP contribution in [0.25, 0.3) is 11.1 Å². The molecule has 0 saturated heterocycles. The first-order valence-corrected chi connectivity index (χ1v) is 10.3. The summed E-state index contributed by atoms with van der Waals surface area (Å²) in [5, 5.41) is 0. The molecule has 3 aromatic rings. The third-order valence-electron chi connectivity index (χ3n) is 4.37. The molecule has 8 nitrogen and oxygen atoms in total. The molecule has 0 aliphatic rings. The number of anilines is 1. The highest BCUT2D eigenvalue weighted by Gasteiger charge is 2.21. The van der Waals surface area contributed by atoms with Gasteiger partial charge in [0.05, 0.1) is 40.3 Å². The van der Waals surface area contributed by atoms with Crippen molar-refractivity contribution in [2.75, 3.05) is 33.2 Å². The van der Waals surface area contributed by atoms with Crippen LogP contribution in [0.15, 0.2) is 59.8 Å². The van der Waals surface area contributed by atoms with Crippen molar-refractivity contribution < 1.29 is 27.4 Å². The lowest BCUT2D eigenvalue weighted by atomic mass is 10.1. The van der Waals surface area contributed by atoms with Crippen LogP contribution in [0.4, 0.5) is 5.69 Å². The van der Waals surface area contributed by atoms with Gasteiger partial charge in [-0.15, -0.1) is 0 Å². The first-order valence-electron chi connectivity index (χ1n) is 8.84. The molecule has 0 aliphatic heterocycles. The van der Waals surface area contributed by atoms with Crippen LogP contribution in [0.1, 0.15) is 0 Å². The number of hydrogen-bond donors (Lipinski definition) is 1. The highest BCUT2D eigenvalue weighted by molar-refractivity contribution is 7.92. The third-order valence-corrected chi connectivity index (χ3v) is 5.77. The molecule has 30 heavy (non-hydrogen) atoms. The second-order valence-electron chi connectivity index (χ2n) is 6.15. The maximum atomic E-state index is 13.0. The summed E-state index contributed by atoms with van der Waals surface area (Å²) in [7, 11) is 2.02. The molecule has 0 bridgehead atoms. The molecule has 0 amide bonds. The predicted molar refractivity (Wildman–Crippen MR) is 113 cm³/mol. The van der Waals surface area contributed by atoms with Crippen molar-refractivity contribution in [2.45, 2.75) is 4.90 Å². The zero-order chi connectivity index (χ0) is 21.7. The zero-order valence-corrected chi connectivity index (χ0v) is 17.8. The highest BCUT2D eigenvalue weighted by atomic mass is 32.2. The minimum Gasteiger partial charge on any atom is -0.497 e. The molecular weight excluding hydrogens is 408 g/mol. The first-order chi connectivity index (χ1) is 14.4. The Kier molecular flexibility index (Phi) is 6.31. The number of methoxy groups -OCH3 is 4. The van der Waals surface area contributed by atoms with Gasteiger partial charge in [0.2, 0.25) is 0 Å². The molecule has 9 heteroatoms.